The maximum absolute atomic E-state index is 13.1. The van der Waals surface area contributed by atoms with Crippen molar-refractivity contribution in [3.05, 3.63) is 49.1 Å². The Morgan fingerprint density at radius 2 is 1.79 bits per heavy atom. The van der Waals surface area contributed by atoms with E-state index in [9.17, 15) is 9.59 Å². The summed E-state index contributed by atoms with van der Waals surface area (Å²) in [5, 5.41) is 0.730. The SMILES string of the molecule is CCCC(CCC)n1c(OC)nc2c1c(=O)n(C)c(=O)n2-c1ccc(Cl)cc1Cl. The molecule has 2 heterocycles. The third-order valence-electron chi connectivity index (χ3n) is 5.00. The number of benzene rings is 1. The summed E-state index contributed by atoms with van der Waals surface area (Å²) in [5.41, 5.74) is -0.0179. The number of hydrogen-bond acceptors (Lipinski definition) is 4. The van der Waals surface area contributed by atoms with Gasteiger partial charge in [-0.05, 0) is 31.0 Å². The normalized spacial score (nSPS) is 11.6. The van der Waals surface area contributed by atoms with Gasteiger partial charge in [-0.1, -0.05) is 49.9 Å². The van der Waals surface area contributed by atoms with E-state index in [2.05, 4.69) is 18.8 Å². The Morgan fingerprint density at radius 1 is 1.14 bits per heavy atom. The minimum absolute atomic E-state index is 0.0318. The second kappa shape index (κ2) is 8.63. The van der Waals surface area contributed by atoms with Crippen molar-refractivity contribution in [2.45, 2.75) is 45.6 Å². The van der Waals surface area contributed by atoms with Crippen molar-refractivity contribution in [2.75, 3.05) is 7.11 Å². The summed E-state index contributed by atoms with van der Waals surface area (Å²) in [4.78, 5) is 30.6. The topological polar surface area (TPSA) is 71.1 Å². The molecule has 0 saturated carbocycles. The number of halogens is 2. The Morgan fingerprint density at radius 3 is 2.34 bits per heavy atom. The highest BCUT2D eigenvalue weighted by Crippen LogP contribution is 2.31. The van der Waals surface area contributed by atoms with E-state index in [1.807, 2.05) is 4.57 Å². The molecule has 29 heavy (non-hydrogen) atoms. The van der Waals surface area contributed by atoms with Crippen LogP contribution < -0.4 is 16.0 Å². The number of nitrogens with zero attached hydrogens (tertiary/aromatic N) is 4. The highest BCUT2D eigenvalue weighted by Gasteiger charge is 2.26. The Bertz CT molecular complexity index is 1160. The van der Waals surface area contributed by atoms with Gasteiger partial charge in [-0.3, -0.25) is 13.9 Å². The minimum atomic E-state index is -0.540. The predicted octanol–water partition coefficient (Wildman–Crippen LogP) is 4.34. The Labute approximate surface area is 178 Å². The molecule has 2 aromatic heterocycles. The van der Waals surface area contributed by atoms with Crippen LogP contribution in [0.3, 0.4) is 0 Å². The van der Waals surface area contributed by atoms with Crippen LogP contribution in [0.1, 0.15) is 45.6 Å². The zero-order valence-corrected chi connectivity index (χ0v) is 18.4. The zero-order chi connectivity index (χ0) is 21.3. The van der Waals surface area contributed by atoms with Crippen LogP contribution in [0.5, 0.6) is 6.01 Å². The van der Waals surface area contributed by atoms with Crippen LogP contribution in [-0.4, -0.2) is 25.8 Å². The summed E-state index contributed by atoms with van der Waals surface area (Å²) in [7, 11) is 2.96. The van der Waals surface area contributed by atoms with Gasteiger partial charge in [0.25, 0.3) is 11.6 Å². The van der Waals surface area contributed by atoms with Crippen LogP contribution in [0.4, 0.5) is 0 Å². The fraction of sp³-hybridized carbons (Fsp3) is 0.450. The molecule has 0 fully saturated rings. The second-order valence-corrected chi connectivity index (χ2v) is 7.79. The van der Waals surface area contributed by atoms with E-state index in [-0.39, 0.29) is 16.7 Å². The van der Waals surface area contributed by atoms with E-state index >= 15 is 0 Å². The third-order valence-corrected chi connectivity index (χ3v) is 5.54. The highest BCUT2D eigenvalue weighted by molar-refractivity contribution is 6.35. The van der Waals surface area contributed by atoms with Crippen molar-refractivity contribution in [3.8, 4) is 11.7 Å². The Kier molecular flexibility index (Phi) is 6.39. The lowest BCUT2D eigenvalue weighted by Gasteiger charge is -2.20. The van der Waals surface area contributed by atoms with E-state index in [0.717, 1.165) is 30.3 Å². The number of rotatable bonds is 7. The van der Waals surface area contributed by atoms with Crippen molar-refractivity contribution < 1.29 is 4.74 Å². The molecule has 1 aromatic carbocycles. The average Bonchev–Trinajstić information content (AvgIpc) is 3.07. The van der Waals surface area contributed by atoms with Crippen LogP contribution in [0.2, 0.25) is 10.0 Å². The molecule has 0 aliphatic carbocycles. The van der Waals surface area contributed by atoms with Gasteiger partial charge < -0.3 is 4.74 Å². The Balaban J connectivity index is 2.47. The molecule has 156 valence electrons. The molecule has 9 heteroatoms. The van der Waals surface area contributed by atoms with E-state index in [4.69, 9.17) is 27.9 Å². The van der Waals surface area contributed by atoms with Crippen molar-refractivity contribution in [2.24, 2.45) is 7.05 Å². The molecule has 0 radical (unpaired) electrons. The second-order valence-electron chi connectivity index (χ2n) is 6.95. The average molecular weight is 439 g/mol. The smallest absolute Gasteiger partial charge is 0.337 e. The van der Waals surface area contributed by atoms with Gasteiger partial charge in [0.15, 0.2) is 11.2 Å². The van der Waals surface area contributed by atoms with Crippen LogP contribution in [0, 0.1) is 0 Å². The maximum Gasteiger partial charge on any atom is 0.337 e. The first-order valence-electron chi connectivity index (χ1n) is 9.59. The molecule has 3 aromatic rings. The minimum Gasteiger partial charge on any atom is -0.468 e. The van der Waals surface area contributed by atoms with Crippen LogP contribution in [-0.2, 0) is 7.05 Å². The fourth-order valence-corrected chi connectivity index (χ4v) is 4.17. The molecule has 0 aliphatic rings. The summed E-state index contributed by atoms with van der Waals surface area (Å²) in [6.45, 7) is 4.19. The molecule has 0 bridgehead atoms. The zero-order valence-electron chi connectivity index (χ0n) is 16.9. The highest BCUT2D eigenvalue weighted by atomic mass is 35.5. The first-order valence-corrected chi connectivity index (χ1v) is 10.3. The molecule has 0 atom stereocenters. The van der Waals surface area contributed by atoms with Crippen molar-refractivity contribution in [1.29, 1.82) is 0 Å². The summed E-state index contributed by atoms with van der Waals surface area (Å²) >= 11 is 12.4. The largest absolute Gasteiger partial charge is 0.468 e. The molecule has 3 rings (SSSR count). The number of ether oxygens (including phenoxy) is 1. The third kappa shape index (κ3) is 3.69. The van der Waals surface area contributed by atoms with Gasteiger partial charge in [-0.2, -0.15) is 4.98 Å². The lowest BCUT2D eigenvalue weighted by Crippen LogP contribution is -2.38. The molecule has 0 saturated heterocycles. The fourth-order valence-electron chi connectivity index (χ4n) is 3.67. The van der Waals surface area contributed by atoms with Crippen molar-refractivity contribution >= 4 is 34.4 Å². The van der Waals surface area contributed by atoms with E-state index in [1.165, 1.54) is 18.7 Å². The molecule has 7 nitrogen and oxygen atoms in total. The van der Waals surface area contributed by atoms with Gasteiger partial charge in [0, 0.05) is 18.1 Å². The van der Waals surface area contributed by atoms with E-state index in [0.29, 0.717) is 22.2 Å². The van der Waals surface area contributed by atoms with Gasteiger partial charge in [-0.25, -0.2) is 9.36 Å². The number of hydrogen-bond donors (Lipinski definition) is 0. The van der Waals surface area contributed by atoms with E-state index in [1.54, 1.807) is 18.2 Å². The molecule has 0 N–H and O–H groups in total. The van der Waals surface area contributed by atoms with Gasteiger partial charge >= 0.3 is 5.69 Å². The van der Waals surface area contributed by atoms with Gasteiger partial charge in [-0.15, -0.1) is 0 Å². The lowest BCUT2D eigenvalue weighted by molar-refractivity contribution is 0.323. The summed E-state index contributed by atoms with van der Waals surface area (Å²) in [6, 6.07) is 5.15. The van der Waals surface area contributed by atoms with Crippen LogP contribution in [0.15, 0.2) is 27.8 Å². The van der Waals surface area contributed by atoms with Crippen LogP contribution in [0.25, 0.3) is 16.9 Å². The standard InChI is InChI=1S/C20H24Cl2N4O3/c1-5-7-13(8-6-2)25-16-17(23-19(25)29-4)26(20(28)24(3)18(16)27)15-10-9-12(21)11-14(15)22/h9-11,13H,5-8H2,1-4H3. The Hall–Kier alpha value is -2.25. The monoisotopic (exact) mass is 438 g/mol. The predicted molar refractivity (Wildman–Crippen MR) is 116 cm³/mol. The van der Waals surface area contributed by atoms with Gasteiger partial charge in [0.05, 0.1) is 17.8 Å². The van der Waals surface area contributed by atoms with E-state index < -0.39 is 11.2 Å². The molecular formula is C20H24Cl2N4O3. The number of imidazole rings is 1. The number of aromatic nitrogens is 4. The van der Waals surface area contributed by atoms with Crippen molar-refractivity contribution in [1.82, 2.24) is 18.7 Å². The van der Waals surface area contributed by atoms with Crippen molar-refractivity contribution in [3.63, 3.8) is 0 Å². The number of fused-ring (bicyclic) bond motifs is 1. The molecule has 0 spiro atoms. The first-order chi connectivity index (χ1) is 13.8. The molecule has 0 unspecified atom stereocenters. The quantitative estimate of drug-likeness (QED) is 0.549. The molecule has 0 aliphatic heterocycles. The van der Waals surface area contributed by atoms with Gasteiger partial charge in [0.1, 0.15) is 0 Å². The number of methoxy groups -OCH3 is 1. The molecular weight excluding hydrogens is 415 g/mol. The lowest BCUT2D eigenvalue weighted by atomic mass is 10.1. The molecule has 0 amide bonds. The maximum atomic E-state index is 13.1. The van der Waals surface area contributed by atoms with Gasteiger partial charge in [0.2, 0.25) is 0 Å². The summed E-state index contributed by atoms with van der Waals surface area (Å²) in [6.07, 6.45) is 3.60. The van der Waals surface area contributed by atoms with Crippen LogP contribution >= 0.6 is 23.2 Å². The summed E-state index contributed by atoms with van der Waals surface area (Å²) in [5.74, 6) is 0. The first kappa shape index (κ1) is 21.5. The summed E-state index contributed by atoms with van der Waals surface area (Å²) < 4.78 is 9.74.